The maximum Gasteiger partial charge on any atom is 0.321 e. The molecule has 3 aliphatic heterocycles. The fraction of sp³-hybridized carbons (Fsp3) is 0.558. The first-order valence-electron chi connectivity index (χ1n) is 24.2. The second-order valence-corrected chi connectivity index (χ2v) is 20.9. The van der Waals surface area contributed by atoms with E-state index in [1.54, 1.807) is 30.2 Å². The molecule has 17 heteroatoms. The van der Waals surface area contributed by atoms with Crippen molar-refractivity contribution in [3.8, 4) is 11.3 Å². The van der Waals surface area contributed by atoms with E-state index >= 15 is 0 Å². The Labute approximate surface area is 411 Å². The molecule has 3 aromatic rings. The van der Waals surface area contributed by atoms with E-state index in [4.69, 9.17) is 19.5 Å². The number of carbonyl (C=O) groups excluding carboxylic acids is 5. The minimum atomic E-state index is -1.21. The van der Waals surface area contributed by atoms with Gasteiger partial charge in [-0.3, -0.25) is 24.4 Å². The number of urea groups is 1. The van der Waals surface area contributed by atoms with Gasteiger partial charge in [0.05, 0.1) is 41.4 Å². The quantitative estimate of drug-likeness (QED) is 0.0870. The van der Waals surface area contributed by atoms with Crippen molar-refractivity contribution in [3.05, 3.63) is 70.9 Å². The summed E-state index contributed by atoms with van der Waals surface area (Å²) in [7, 11) is 3.27. The van der Waals surface area contributed by atoms with Crippen LogP contribution < -0.4 is 10.7 Å². The highest BCUT2D eigenvalue weighted by Gasteiger charge is 2.43. The summed E-state index contributed by atoms with van der Waals surface area (Å²) in [6.45, 7) is 27.6. The number of hydrogen-bond donors (Lipinski definition) is 2. The Hall–Kier alpha value is -5.49. The third-order valence-electron chi connectivity index (χ3n) is 13.7. The number of nitrogens with zero attached hydrogens (tertiary/aromatic N) is 7. The van der Waals surface area contributed by atoms with Crippen LogP contribution in [0.3, 0.4) is 0 Å². The van der Waals surface area contributed by atoms with Crippen molar-refractivity contribution in [1.82, 2.24) is 40.0 Å². The van der Waals surface area contributed by atoms with Gasteiger partial charge in [0.2, 0.25) is 11.8 Å². The molecule has 0 saturated carbocycles. The van der Waals surface area contributed by atoms with Crippen LogP contribution in [-0.2, 0) is 48.0 Å². The predicted molar refractivity (Wildman–Crippen MR) is 273 cm³/mol. The fourth-order valence-electron chi connectivity index (χ4n) is 10.3. The van der Waals surface area contributed by atoms with Gasteiger partial charge in [-0.1, -0.05) is 53.0 Å². The third-order valence-corrected chi connectivity index (χ3v) is 14.5. The number of aryl methyl sites for hydroxylation is 1. The first-order valence-corrected chi connectivity index (χ1v) is 25.0. The number of aromatic nitrogens is 2. The number of hydrazine groups is 1. The molecular formula is C52H73N9O7S. The van der Waals surface area contributed by atoms with Crippen molar-refractivity contribution in [3.63, 3.8) is 0 Å². The molecule has 16 nitrogen and oxygen atoms in total. The highest BCUT2D eigenvalue weighted by atomic mass is 32.1. The number of methoxy groups -OCH3 is 1. The average molecular weight is 968 g/mol. The van der Waals surface area contributed by atoms with Crippen LogP contribution in [0.2, 0.25) is 0 Å². The fourth-order valence-corrected chi connectivity index (χ4v) is 11.2. The molecule has 0 radical (unpaired) electrons. The molecule has 5 heterocycles. The number of piperazine rings is 1. The molecule has 6 bridgehead atoms. The molecular weight excluding hydrogens is 895 g/mol. The van der Waals surface area contributed by atoms with Gasteiger partial charge in [-0.15, -0.1) is 11.3 Å². The van der Waals surface area contributed by atoms with Crippen LogP contribution in [0.1, 0.15) is 91.4 Å². The predicted octanol–water partition coefficient (Wildman–Crippen LogP) is 6.68. The monoisotopic (exact) mass is 968 g/mol. The van der Waals surface area contributed by atoms with E-state index in [1.165, 1.54) is 27.3 Å². The van der Waals surface area contributed by atoms with E-state index in [0.717, 1.165) is 51.0 Å². The van der Waals surface area contributed by atoms with E-state index in [9.17, 15) is 24.0 Å². The van der Waals surface area contributed by atoms with E-state index < -0.39 is 34.9 Å². The number of ether oxygens (including phenoxy) is 2. The molecule has 6 atom stereocenters. The number of carbonyl (C=O) groups is 5. The summed E-state index contributed by atoms with van der Waals surface area (Å²) in [5.41, 5.74) is 7.96. The Morgan fingerprint density at radius 3 is 2.45 bits per heavy atom. The molecule has 0 spiro atoms. The maximum atomic E-state index is 14.8. The zero-order chi connectivity index (χ0) is 50.5. The van der Waals surface area contributed by atoms with Crippen molar-refractivity contribution in [2.75, 3.05) is 47.0 Å². The lowest BCUT2D eigenvalue weighted by atomic mass is 9.84. The highest BCUT2D eigenvalue weighted by molar-refractivity contribution is 7.10. The van der Waals surface area contributed by atoms with E-state index in [1.807, 2.05) is 53.0 Å². The Bertz CT molecular complexity index is 2480. The van der Waals surface area contributed by atoms with Crippen molar-refractivity contribution in [2.45, 2.75) is 130 Å². The minimum absolute atomic E-state index is 0.0119. The molecule has 2 aromatic heterocycles. The Morgan fingerprint density at radius 2 is 1.84 bits per heavy atom. The summed E-state index contributed by atoms with van der Waals surface area (Å²) in [5.74, 6) is -1.49. The first kappa shape index (κ1) is 52.9. The Balaban J connectivity index is 1.43. The highest BCUT2D eigenvalue weighted by Crippen LogP contribution is 2.40. The zero-order valence-electron chi connectivity index (χ0n) is 42.5. The molecule has 6 rings (SSSR count). The topological polar surface area (TPSA) is 171 Å². The lowest BCUT2D eigenvalue weighted by molar-refractivity contribution is -0.147. The molecule has 69 heavy (non-hydrogen) atoms. The van der Waals surface area contributed by atoms with Crippen LogP contribution in [0, 0.1) is 11.3 Å². The zero-order valence-corrected chi connectivity index (χ0v) is 43.3. The van der Waals surface area contributed by atoms with Crippen LogP contribution in [0.4, 0.5) is 4.79 Å². The van der Waals surface area contributed by atoms with Gasteiger partial charge in [-0.2, -0.15) is 0 Å². The lowest BCUT2D eigenvalue weighted by Crippen LogP contribution is -2.67. The van der Waals surface area contributed by atoms with Gasteiger partial charge in [0, 0.05) is 92.5 Å². The average Bonchev–Trinajstić information content (AvgIpc) is 3.91. The van der Waals surface area contributed by atoms with E-state index in [-0.39, 0.29) is 49.1 Å². The Morgan fingerprint density at radius 1 is 1.13 bits per heavy atom. The standard InChI is InChI=1S/C52H73N9O7S/c1-14-37(45(53-16-3)35(9)67-13)47-39-25-51(10,11)30-68-31-52(29-62)21-18-22-60(56-52)49(65)40(24-43-54-41(28-69-43)36-19-20-42(38(39)23-36)59(47)17-4)55-48(64)46(32(5)6)57(12)50(66)61-33(7)26-58(27-34(61)8)44(63)15-2/h14-16,19-20,23,28-29,32-35,40,46,56H,1-2,17-18,21-22,24-27,30-31H2,3-13H3,(H,55,64)/b45-37+,53-16?/t33-,34-,35-,40-,46-,52-/m0/s1. The number of aldehydes is 1. The molecule has 2 saturated heterocycles. The number of nitrogens with one attached hydrogen (secondary N) is 2. The van der Waals surface area contributed by atoms with Crippen LogP contribution in [-0.4, -0.2) is 148 Å². The smallest absolute Gasteiger partial charge is 0.321 e. The summed E-state index contributed by atoms with van der Waals surface area (Å²) in [4.78, 5) is 84.2. The van der Waals surface area contributed by atoms with Crippen molar-refractivity contribution < 1.29 is 33.4 Å². The molecule has 5 amide bonds. The maximum absolute atomic E-state index is 14.8. The minimum Gasteiger partial charge on any atom is -0.378 e. The van der Waals surface area contributed by atoms with Gasteiger partial charge in [0.25, 0.3) is 5.91 Å². The molecule has 3 aliphatic rings. The summed E-state index contributed by atoms with van der Waals surface area (Å²) < 4.78 is 14.7. The van der Waals surface area contributed by atoms with Crippen LogP contribution in [0.25, 0.3) is 27.7 Å². The number of hydrogen-bond acceptors (Lipinski definition) is 11. The number of allylic oxidation sites excluding steroid dienone is 2. The van der Waals surface area contributed by atoms with Gasteiger partial charge >= 0.3 is 6.03 Å². The number of thiazole rings is 1. The molecule has 374 valence electrons. The van der Waals surface area contributed by atoms with Gasteiger partial charge in [0.15, 0.2) is 0 Å². The lowest BCUT2D eigenvalue weighted by Gasteiger charge is -2.46. The number of aliphatic imine (C=N–C) groups is 1. The number of amides is 5. The van der Waals surface area contributed by atoms with Gasteiger partial charge in [-0.25, -0.2) is 15.2 Å². The van der Waals surface area contributed by atoms with Gasteiger partial charge in [-0.05, 0) is 89.0 Å². The number of benzene rings is 1. The van der Waals surface area contributed by atoms with E-state index in [0.29, 0.717) is 57.1 Å². The van der Waals surface area contributed by atoms with Crippen molar-refractivity contribution >= 4 is 64.1 Å². The van der Waals surface area contributed by atoms with Crippen molar-refractivity contribution in [1.29, 1.82) is 0 Å². The number of fused-ring (bicyclic) bond motifs is 6. The van der Waals surface area contributed by atoms with Crippen LogP contribution >= 0.6 is 11.3 Å². The van der Waals surface area contributed by atoms with Gasteiger partial charge < -0.3 is 38.9 Å². The molecule has 2 fully saturated rings. The normalized spacial score (nSPS) is 23.6. The summed E-state index contributed by atoms with van der Waals surface area (Å²) in [6.07, 6.45) is 7.02. The number of likely N-dealkylation sites (N-methyl/N-ethyl adjacent to an activating group) is 1. The Kier molecular flexibility index (Phi) is 16.9. The summed E-state index contributed by atoms with van der Waals surface area (Å²) in [5, 5.41) is 8.11. The molecule has 0 unspecified atom stereocenters. The van der Waals surface area contributed by atoms with Crippen LogP contribution in [0.5, 0.6) is 0 Å². The molecule has 1 aromatic carbocycles. The second-order valence-electron chi connectivity index (χ2n) is 19.9. The SMILES string of the molecule is C=CC(=O)N1C[C@H](C)N(C(=O)N(C)[C@H](C(=O)N[C@H]2Cc3nc(cs3)-c3ccc4c(c3)c(c(/C(C=C)=C(/N=CC)[C@H](C)OC)n4CC)CC(C)(C)COC[C@@]3(C=O)CCCN(N3)C2=O)C(C)C)[C@@H](C)C1. The van der Waals surface area contributed by atoms with Crippen molar-refractivity contribution in [2.24, 2.45) is 16.3 Å². The van der Waals surface area contributed by atoms with Crippen LogP contribution in [0.15, 0.2) is 59.6 Å². The third kappa shape index (κ3) is 11.1. The van der Waals surface area contributed by atoms with Gasteiger partial charge in [0.1, 0.15) is 23.9 Å². The number of rotatable bonds is 12. The summed E-state index contributed by atoms with van der Waals surface area (Å²) in [6, 6.07) is 3.27. The first-order chi connectivity index (χ1) is 32.8. The summed E-state index contributed by atoms with van der Waals surface area (Å²) >= 11 is 1.40. The molecule has 0 aliphatic carbocycles. The largest absolute Gasteiger partial charge is 0.378 e. The van der Waals surface area contributed by atoms with E-state index in [2.05, 4.69) is 67.4 Å². The molecule has 2 N–H and O–H groups in total. The second kappa shape index (κ2) is 22.1.